The SMILES string of the molecule is Cc1cccc(NC(=O)c2ccccc2NC(=O)C2CCN(S(=O)(=O)c3ccc(F)cc3)CC2)c1. The molecule has 3 aromatic rings. The molecule has 0 aliphatic carbocycles. The quantitative estimate of drug-likeness (QED) is 0.529. The number of amides is 2. The summed E-state index contributed by atoms with van der Waals surface area (Å²) in [6, 6.07) is 18.9. The molecule has 1 aliphatic heterocycles. The van der Waals surface area contributed by atoms with E-state index in [-0.39, 0.29) is 29.8 Å². The first-order chi connectivity index (χ1) is 16.7. The highest BCUT2D eigenvalue weighted by atomic mass is 32.2. The van der Waals surface area contributed by atoms with Crippen LogP contribution in [0.25, 0.3) is 0 Å². The fourth-order valence-electron chi connectivity index (χ4n) is 4.06. The van der Waals surface area contributed by atoms with E-state index in [4.69, 9.17) is 0 Å². The topological polar surface area (TPSA) is 95.6 Å². The summed E-state index contributed by atoms with van der Waals surface area (Å²) in [5.41, 5.74) is 2.39. The van der Waals surface area contributed by atoms with Gasteiger partial charge in [-0.25, -0.2) is 12.8 Å². The Balaban J connectivity index is 1.39. The molecule has 1 aliphatic rings. The van der Waals surface area contributed by atoms with Crippen LogP contribution in [0.2, 0.25) is 0 Å². The Hall–Kier alpha value is -3.56. The zero-order valence-corrected chi connectivity index (χ0v) is 20.0. The maximum absolute atomic E-state index is 13.2. The smallest absolute Gasteiger partial charge is 0.257 e. The van der Waals surface area contributed by atoms with Crippen LogP contribution in [0.5, 0.6) is 0 Å². The number of anilines is 2. The number of para-hydroxylation sites is 1. The molecule has 0 atom stereocenters. The molecule has 35 heavy (non-hydrogen) atoms. The molecule has 0 radical (unpaired) electrons. The minimum absolute atomic E-state index is 0.0235. The average molecular weight is 496 g/mol. The normalized spacial score (nSPS) is 14.9. The lowest BCUT2D eigenvalue weighted by atomic mass is 9.97. The number of hydrogen-bond donors (Lipinski definition) is 2. The van der Waals surface area contributed by atoms with Gasteiger partial charge in [0.1, 0.15) is 5.82 Å². The minimum atomic E-state index is -3.76. The molecule has 0 aromatic heterocycles. The van der Waals surface area contributed by atoms with Gasteiger partial charge in [0.2, 0.25) is 15.9 Å². The number of benzene rings is 3. The maximum atomic E-state index is 13.2. The van der Waals surface area contributed by atoms with Gasteiger partial charge in [0.05, 0.1) is 16.1 Å². The number of hydrogen-bond acceptors (Lipinski definition) is 4. The molecule has 4 rings (SSSR count). The van der Waals surface area contributed by atoms with Crippen molar-refractivity contribution in [1.82, 2.24) is 4.31 Å². The molecule has 0 bridgehead atoms. The van der Waals surface area contributed by atoms with Crippen LogP contribution < -0.4 is 10.6 Å². The molecule has 1 heterocycles. The second kappa shape index (κ2) is 10.4. The van der Waals surface area contributed by atoms with Gasteiger partial charge in [0, 0.05) is 24.7 Å². The van der Waals surface area contributed by atoms with Crippen molar-refractivity contribution in [3.05, 3.63) is 89.7 Å². The molecule has 0 saturated carbocycles. The number of carbonyl (C=O) groups is 2. The summed E-state index contributed by atoms with van der Waals surface area (Å²) in [4.78, 5) is 25.8. The van der Waals surface area contributed by atoms with Crippen LogP contribution in [-0.2, 0) is 14.8 Å². The maximum Gasteiger partial charge on any atom is 0.257 e. The fraction of sp³-hybridized carbons (Fsp3) is 0.231. The van der Waals surface area contributed by atoms with Gasteiger partial charge in [0.15, 0.2) is 0 Å². The molecule has 2 amide bonds. The minimum Gasteiger partial charge on any atom is -0.325 e. The number of sulfonamides is 1. The Bertz CT molecular complexity index is 1330. The summed E-state index contributed by atoms with van der Waals surface area (Å²) in [6.45, 7) is 2.28. The van der Waals surface area contributed by atoms with Gasteiger partial charge in [-0.2, -0.15) is 4.31 Å². The predicted molar refractivity (Wildman–Crippen MR) is 132 cm³/mol. The third-order valence-corrected chi connectivity index (χ3v) is 7.89. The van der Waals surface area contributed by atoms with E-state index >= 15 is 0 Å². The molecular weight excluding hydrogens is 469 g/mol. The molecule has 0 unspecified atom stereocenters. The van der Waals surface area contributed by atoms with E-state index in [0.29, 0.717) is 29.8 Å². The lowest BCUT2D eigenvalue weighted by Crippen LogP contribution is -2.41. The highest BCUT2D eigenvalue weighted by Crippen LogP contribution is 2.26. The van der Waals surface area contributed by atoms with Crippen molar-refractivity contribution in [2.45, 2.75) is 24.7 Å². The van der Waals surface area contributed by atoms with E-state index < -0.39 is 21.8 Å². The van der Waals surface area contributed by atoms with Crippen molar-refractivity contribution < 1.29 is 22.4 Å². The molecule has 3 aromatic carbocycles. The van der Waals surface area contributed by atoms with Crippen LogP contribution in [0.1, 0.15) is 28.8 Å². The van der Waals surface area contributed by atoms with E-state index in [9.17, 15) is 22.4 Å². The van der Waals surface area contributed by atoms with Crippen molar-refractivity contribution in [3.63, 3.8) is 0 Å². The molecule has 2 N–H and O–H groups in total. The van der Waals surface area contributed by atoms with Crippen molar-refractivity contribution in [2.24, 2.45) is 5.92 Å². The zero-order chi connectivity index (χ0) is 25.0. The number of piperidine rings is 1. The highest BCUT2D eigenvalue weighted by Gasteiger charge is 2.32. The van der Waals surface area contributed by atoms with E-state index in [1.165, 1.54) is 16.4 Å². The fourth-order valence-corrected chi connectivity index (χ4v) is 5.53. The number of rotatable bonds is 6. The van der Waals surface area contributed by atoms with Gasteiger partial charge in [-0.1, -0.05) is 24.3 Å². The zero-order valence-electron chi connectivity index (χ0n) is 19.2. The van der Waals surface area contributed by atoms with E-state index in [0.717, 1.165) is 17.7 Å². The molecule has 1 fully saturated rings. The van der Waals surface area contributed by atoms with Gasteiger partial charge in [-0.3, -0.25) is 9.59 Å². The van der Waals surface area contributed by atoms with Crippen molar-refractivity contribution >= 4 is 33.2 Å². The summed E-state index contributed by atoms with van der Waals surface area (Å²) < 4.78 is 40.1. The van der Waals surface area contributed by atoms with Crippen LogP contribution in [0, 0.1) is 18.7 Å². The summed E-state index contributed by atoms with van der Waals surface area (Å²) in [5.74, 6) is -1.51. The van der Waals surface area contributed by atoms with Crippen molar-refractivity contribution in [3.8, 4) is 0 Å². The molecule has 9 heteroatoms. The predicted octanol–water partition coefficient (Wildman–Crippen LogP) is 4.43. The highest BCUT2D eigenvalue weighted by molar-refractivity contribution is 7.89. The first-order valence-corrected chi connectivity index (χ1v) is 12.7. The Morgan fingerprint density at radius 3 is 2.29 bits per heavy atom. The standard InChI is InChI=1S/C26H26FN3O4S/c1-18-5-4-6-21(17-18)28-26(32)23-7-2-3-8-24(23)29-25(31)19-13-15-30(16-14-19)35(33,34)22-11-9-20(27)10-12-22/h2-12,17,19H,13-16H2,1H3,(H,28,32)(H,29,31). The van der Waals surface area contributed by atoms with Crippen molar-refractivity contribution in [1.29, 1.82) is 0 Å². The van der Waals surface area contributed by atoms with E-state index in [1.807, 2.05) is 25.1 Å². The molecule has 182 valence electrons. The monoisotopic (exact) mass is 495 g/mol. The van der Waals surface area contributed by atoms with Gasteiger partial charge in [-0.05, 0) is 73.9 Å². The number of nitrogens with zero attached hydrogens (tertiary/aromatic N) is 1. The van der Waals surface area contributed by atoms with Crippen LogP contribution in [-0.4, -0.2) is 37.6 Å². The Labute approximate surface area is 204 Å². The number of aryl methyl sites for hydroxylation is 1. The van der Waals surface area contributed by atoms with Crippen LogP contribution >= 0.6 is 0 Å². The Kier molecular flexibility index (Phi) is 7.28. The largest absolute Gasteiger partial charge is 0.325 e. The second-order valence-electron chi connectivity index (χ2n) is 8.49. The van der Waals surface area contributed by atoms with Crippen molar-refractivity contribution in [2.75, 3.05) is 23.7 Å². The number of halogens is 1. The van der Waals surface area contributed by atoms with Gasteiger partial charge in [-0.15, -0.1) is 0 Å². The first-order valence-electron chi connectivity index (χ1n) is 11.3. The molecular formula is C26H26FN3O4S. The molecule has 1 saturated heterocycles. The number of carbonyl (C=O) groups excluding carboxylic acids is 2. The third-order valence-electron chi connectivity index (χ3n) is 5.98. The van der Waals surface area contributed by atoms with Gasteiger partial charge in [0.25, 0.3) is 5.91 Å². The van der Waals surface area contributed by atoms with Gasteiger partial charge < -0.3 is 10.6 Å². The lowest BCUT2D eigenvalue weighted by Gasteiger charge is -2.30. The number of nitrogens with one attached hydrogen (secondary N) is 2. The van der Waals surface area contributed by atoms with Gasteiger partial charge >= 0.3 is 0 Å². The summed E-state index contributed by atoms with van der Waals surface area (Å²) in [7, 11) is -3.76. The summed E-state index contributed by atoms with van der Waals surface area (Å²) >= 11 is 0. The summed E-state index contributed by atoms with van der Waals surface area (Å²) in [5, 5.41) is 5.69. The van der Waals surface area contributed by atoms with Crippen LogP contribution in [0.3, 0.4) is 0 Å². The third kappa shape index (κ3) is 5.75. The van der Waals surface area contributed by atoms with Crippen LogP contribution in [0.4, 0.5) is 15.8 Å². The first kappa shape index (κ1) is 24.6. The average Bonchev–Trinajstić information content (AvgIpc) is 2.84. The Morgan fingerprint density at radius 2 is 1.60 bits per heavy atom. The van der Waals surface area contributed by atoms with E-state index in [2.05, 4.69) is 10.6 Å². The Morgan fingerprint density at radius 1 is 0.914 bits per heavy atom. The second-order valence-corrected chi connectivity index (χ2v) is 10.4. The lowest BCUT2D eigenvalue weighted by molar-refractivity contribution is -0.120. The summed E-state index contributed by atoms with van der Waals surface area (Å²) in [6.07, 6.45) is 0.674. The molecule has 7 nitrogen and oxygen atoms in total. The molecule has 0 spiro atoms. The van der Waals surface area contributed by atoms with E-state index in [1.54, 1.807) is 30.3 Å². The van der Waals surface area contributed by atoms with Crippen LogP contribution in [0.15, 0.2) is 77.7 Å².